The topological polar surface area (TPSA) is 32.3 Å². The minimum Gasteiger partial charge on any atom is -0.369 e. The average Bonchev–Trinajstić information content (AvgIpc) is 2.39. The van der Waals surface area contributed by atoms with Crippen LogP contribution in [0.15, 0.2) is 18.2 Å². The lowest BCUT2D eigenvalue weighted by atomic mass is 10.1. The Balaban J connectivity index is 3.03. The van der Waals surface area contributed by atoms with E-state index in [4.69, 9.17) is 23.2 Å². The van der Waals surface area contributed by atoms with Gasteiger partial charge < -0.3 is 10.2 Å². The maximum atomic E-state index is 11.9. The zero-order valence-corrected chi connectivity index (χ0v) is 12.9. The van der Waals surface area contributed by atoms with Crippen molar-refractivity contribution in [3.8, 4) is 0 Å². The molecule has 19 heavy (non-hydrogen) atoms. The Labute approximate surface area is 124 Å². The third-order valence-electron chi connectivity index (χ3n) is 2.86. The number of hydrogen-bond acceptors (Lipinski definition) is 2. The summed E-state index contributed by atoms with van der Waals surface area (Å²) in [4.78, 5) is 14.0. The third kappa shape index (κ3) is 4.59. The van der Waals surface area contributed by atoms with Crippen molar-refractivity contribution in [3.05, 3.63) is 29.3 Å². The van der Waals surface area contributed by atoms with Gasteiger partial charge in [-0.25, -0.2) is 0 Å². The van der Waals surface area contributed by atoms with Gasteiger partial charge in [-0.15, -0.1) is 23.2 Å². The van der Waals surface area contributed by atoms with Crippen LogP contribution in [0.2, 0.25) is 0 Å². The summed E-state index contributed by atoms with van der Waals surface area (Å²) in [6, 6.07) is 5.69. The Morgan fingerprint density at radius 2 is 1.89 bits per heavy atom. The zero-order valence-electron chi connectivity index (χ0n) is 11.4. The summed E-state index contributed by atoms with van der Waals surface area (Å²) in [5, 5.41) is 2.80. The molecule has 0 aliphatic heterocycles. The molecule has 0 aromatic heterocycles. The van der Waals surface area contributed by atoms with Crippen molar-refractivity contribution in [3.63, 3.8) is 0 Å². The maximum Gasteiger partial charge on any atom is 0.251 e. The number of amides is 1. The summed E-state index contributed by atoms with van der Waals surface area (Å²) in [6.45, 7) is 5.98. The molecule has 1 N–H and O–H groups in total. The number of benzene rings is 1. The van der Waals surface area contributed by atoms with E-state index in [0.29, 0.717) is 37.0 Å². The van der Waals surface area contributed by atoms with Gasteiger partial charge in [-0.1, -0.05) is 6.07 Å². The summed E-state index contributed by atoms with van der Waals surface area (Å²) in [6.07, 6.45) is 0. The van der Waals surface area contributed by atoms with Crippen molar-refractivity contribution in [1.29, 1.82) is 0 Å². The first-order valence-corrected chi connectivity index (χ1v) is 7.46. The van der Waals surface area contributed by atoms with Crippen molar-refractivity contribution in [2.45, 2.75) is 13.8 Å². The highest BCUT2D eigenvalue weighted by Gasteiger charge is 2.12. The number of alkyl halides is 2. The molecule has 0 unspecified atom stereocenters. The van der Waals surface area contributed by atoms with E-state index in [-0.39, 0.29) is 5.91 Å². The number of carbonyl (C=O) groups is 1. The summed E-state index contributed by atoms with van der Waals surface area (Å²) in [7, 11) is 0. The first kappa shape index (κ1) is 16.1. The van der Waals surface area contributed by atoms with E-state index in [0.717, 1.165) is 11.3 Å². The standard InChI is InChI=1S/C14H20Cl2N2O/c1-3-17-14(19)12-5-4-11(2)13(10-12)18(8-6-15)9-7-16/h4-5,10H,3,6-9H2,1-2H3,(H,17,19). The van der Waals surface area contributed by atoms with Gasteiger partial charge in [0.25, 0.3) is 5.91 Å². The van der Waals surface area contributed by atoms with E-state index in [9.17, 15) is 4.79 Å². The lowest BCUT2D eigenvalue weighted by molar-refractivity contribution is 0.0956. The molecule has 106 valence electrons. The lowest BCUT2D eigenvalue weighted by Gasteiger charge is -2.25. The zero-order chi connectivity index (χ0) is 14.3. The van der Waals surface area contributed by atoms with Gasteiger partial charge in [0.2, 0.25) is 0 Å². The molecule has 1 rings (SSSR count). The van der Waals surface area contributed by atoms with Crippen LogP contribution in [0.1, 0.15) is 22.8 Å². The molecule has 1 amide bonds. The van der Waals surface area contributed by atoms with E-state index in [2.05, 4.69) is 10.2 Å². The highest BCUT2D eigenvalue weighted by atomic mass is 35.5. The SMILES string of the molecule is CCNC(=O)c1ccc(C)c(N(CCCl)CCCl)c1. The van der Waals surface area contributed by atoms with E-state index in [1.165, 1.54) is 0 Å². The number of halogens is 2. The van der Waals surface area contributed by atoms with Crippen LogP contribution in [0.5, 0.6) is 0 Å². The fourth-order valence-electron chi connectivity index (χ4n) is 1.91. The van der Waals surface area contributed by atoms with Crippen LogP contribution >= 0.6 is 23.2 Å². The second-order valence-electron chi connectivity index (χ2n) is 4.23. The molecule has 0 bridgehead atoms. The van der Waals surface area contributed by atoms with Gasteiger partial charge in [0, 0.05) is 42.6 Å². The average molecular weight is 303 g/mol. The van der Waals surface area contributed by atoms with Crippen molar-refractivity contribution in [1.82, 2.24) is 5.32 Å². The highest BCUT2D eigenvalue weighted by Crippen LogP contribution is 2.22. The normalized spacial score (nSPS) is 10.3. The molecule has 0 saturated carbocycles. The molecule has 5 heteroatoms. The molecule has 0 saturated heterocycles. The van der Waals surface area contributed by atoms with Gasteiger partial charge in [-0.2, -0.15) is 0 Å². The summed E-state index contributed by atoms with van der Waals surface area (Å²) in [5.41, 5.74) is 2.80. The number of nitrogens with zero attached hydrogens (tertiary/aromatic N) is 1. The molecular weight excluding hydrogens is 283 g/mol. The molecule has 1 aromatic rings. The smallest absolute Gasteiger partial charge is 0.251 e. The van der Waals surface area contributed by atoms with Crippen LogP contribution in [0.25, 0.3) is 0 Å². The van der Waals surface area contributed by atoms with Gasteiger partial charge in [0.1, 0.15) is 0 Å². The molecule has 0 atom stereocenters. The highest BCUT2D eigenvalue weighted by molar-refractivity contribution is 6.18. The van der Waals surface area contributed by atoms with Gasteiger partial charge in [-0.05, 0) is 31.5 Å². The van der Waals surface area contributed by atoms with Gasteiger partial charge in [0.15, 0.2) is 0 Å². The van der Waals surface area contributed by atoms with Gasteiger partial charge in [0.05, 0.1) is 0 Å². The molecule has 0 aliphatic rings. The fourth-order valence-corrected chi connectivity index (χ4v) is 2.32. The molecule has 1 aromatic carbocycles. The first-order valence-electron chi connectivity index (χ1n) is 6.39. The molecule has 0 spiro atoms. The van der Waals surface area contributed by atoms with E-state index in [1.807, 2.05) is 32.0 Å². The second-order valence-corrected chi connectivity index (χ2v) is 4.98. The van der Waals surface area contributed by atoms with Crippen LogP contribution < -0.4 is 10.2 Å². The predicted octanol–water partition coefficient (Wildman–Crippen LogP) is 3.03. The number of anilines is 1. The number of carbonyl (C=O) groups excluding carboxylic acids is 1. The van der Waals surface area contributed by atoms with E-state index in [1.54, 1.807) is 0 Å². The molecule has 0 radical (unpaired) electrons. The summed E-state index contributed by atoms with van der Waals surface area (Å²) >= 11 is 11.6. The maximum absolute atomic E-state index is 11.9. The van der Waals surface area contributed by atoms with E-state index < -0.39 is 0 Å². The molecule has 0 fully saturated rings. The Morgan fingerprint density at radius 3 is 2.42 bits per heavy atom. The second kappa shape index (κ2) is 8.28. The Kier molecular flexibility index (Phi) is 7.03. The number of rotatable bonds is 7. The van der Waals surface area contributed by atoms with Crippen LogP contribution in [-0.4, -0.2) is 37.3 Å². The number of aryl methyl sites for hydroxylation is 1. The predicted molar refractivity (Wildman–Crippen MR) is 82.8 cm³/mol. The van der Waals surface area contributed by atoms with Crippen molar-refractivity contribution in [2.75, 3.05) is 36.3 Å². The molecule has 0 aliphatic carbocycles. The Bertz CT molecular complexity index is 418. The van der Waals surface area contributed by atoms with Crippen LogP contribution in [0, 0.1) is 6.92 Å². The van der Waals surface area contributed by atoms with Crippen LogP contribution in [0.3, 0.4) is 0 Å². The minimum atomic E-state index is -0.0551. The fraction of sp³-hybridized carbons (Fsp3) is 0.500. The molecule has 3 nitrogen and oxygen atoms in total. The largest absolute Gasteiger partial charge is 0.369 e. The molecular formula is C14H20Cl2N2O. The minimum absolute atomic E-state index is 0.0551. The van der Waals surface area contributed by atoms with Crippen molar-refractivity contribution >= 4 is 34.8 Å². The third-order valence-corrected chi connectivity index (χ3v) is 3.20. The number of hydrogen-bond donors (Lipinski definition) is 1. The van der Waals surface area contributed by atoms with Crippen LogP contribution in [0.4, 0.5) is 5.69 Å². The quantitative estimate of drug-likeness (QED) is 0.785. The van der Waals surface area contributed by atoms with Gasteiger partial charge >= 0.3 is 0 Å². The van der Waals surface area contributed by atoms with Crippen molar-refractivity contribution < 1.29 is 4.79 Å². The summed E-state index contributed by atoms with van der Waals surface area (Å²) < 4.78 is 0. The Morgan fingerprint density at radius 1 is 1.26 bits per heavy atom. The van der Waals surface area contributed by atoms with Crippen LogP contribution in [-0.2, 0) is 0 Å². The summed E-state index contributed by atoms with van der Waals surface area (Å²) in [5.74, 6) is 1.00. The Hall–Kier alpha value is -0.930. The lowest BCUT2D eigenvalue weighted by Crippen LogP contribution is -2.29. The van der Waals surface area contributed by atoms with E-state index >= 15 is 0 Å². The van der Waals surface area contributed by atoms with Crippen molar-refractivity contribution in [2.24, 2.45) is 0 Å². The van der Waals surface area contributed by atoms with Gasteiger partial charge in [-0.3, -0.25) is 4.79 Å². The molecule has 0 heterocycles. The number of nitrogens with one attached hydrogen (secondary N) is 1. The first-order chi connectivity index (χ1) is 9.13. The monoisotopic (exact) mass is 302 g/mol.